The number of anilines is 1. The lowest BCUT2D eigenvalue weighted by atomic mass is 10.1. The lowest BCUT2D eigenvalue weighted by molar-refractivity contribution is 0.0507. The van der Waals surface area contributed by atoms with E-state index in [4.69, 9.17) is 4.74 Å². The molecule has 6 heteroatoms. The number of para-hydroxylation sites is 1. The summed E-state index contributed by atoms with van der Waals surface area (Å²) in [6.45, 7) is 7.48. The van der Waals surface area contributed by atoms with Crippen molar-refractivity contribution in [3.8, 4) is 5.75 Å². The smallest absolute Gasteiger partial charge is 0.119 e. The number of piperidine rings is 1. The zero-order chi connectivity index (χ0) is 22.2. The molecule has 1 unspecified atom stereocenters. The van der Waals surface area contributed by atoms with Crippen LogP contribution < -0.4 is 9.64 Å². The fourth-order valence-electron chi connectivity index (χ4n) is 4.60. The van der Waals surface area contributed by atoms with Crippen LogP contribution >= 0.6 is 0 Å². The van der Waals surface area contributed by atoms with Gasteiger partial charge in [0.1, 0.15) is 24.6 Å². The number of rotatable bonds is 8. The van der Waals surface area contributed by atoms with Gasteiger partial charge < -0.3 is 19.6 Å². The maximum Gasteiger partial charge on any atom is 0.119 e. The molecule has 1 N–H and O–H groups in total. The van der Waals surface area contributed by atoms with Gasteiger partial charge in [-0.3, -0.25) is 4.90 Å². The minimum Gasteiger partial charge on any atom is -0.491 e. The monoisotopic (exact) mass is 441 g/mol. The lowest BCUT2D eigenvalue weighted by Gasteiger charge is -2.30. The molecule has 0 bridgehead atoms. The highest BCUT2D eigenvalue weighted by Crippen LogP contribution is 2.19. The van der Waals surface area contributed by atoms with E-state index in [0.717, 1.165) is 44.9 Å². The molecular weight excluding hydrogens is 405 g/mol. The molecule has 0 saturated carbocycles. The molecule has 2 aliphatic heterocycles. The lowest BCUT2D eigenvalue weighted by Crippen LogP contribution is -2.41. The van der Waals surface area contributed by atoms with E-state index in [-0.39, 0.29) is 6.61 Å². The fourth-order valence-corrected chi connectivity index (χ4v) is 4.60. The van der Waals surface area contributed by atoms with Gasteiger partial charge in [0.2, 0.25) is 0 Å². The van der Waals surface area contributed by atoms with Crippen LogP contribution in [0, 0.1) is 0 Å². The van der Waals surface area contributed by atoms with Crippen LogP contribution in [0.5, 0.6) is 5.75 Å². The minimum absolute atomic E-state index is 0.260. The van der Waals surface area contributed by atoms with E-state index in [9.17, 15) is 9.50 Å². The summed E-state index contributed by atoms with van der Waals surface area (Å²) in [5.41, 5.74) is 2.59. The van der Waals surface area contributed by atoms with Gasteiger partial charge in [-0.2, -0.15) is 0 Å². The van der Waals surface area contributed by atoms with Gasteiger partial charge in [-0.1, -0.05) is 30.3 Å². The second kappa shape index (κ2) is 11.6. The summed E-state index contributed by atoms with van der Waals surface area (Å²) in [5, 5.41) is 10.3. The summed E-state index contributed by atoms with van der Waals surface area (Å²) >= 11 is 0. The molecule has 0 amide bonds. The summed E-state index contributed by atoms with van der Waals surface area (Å²) < 4.78 is 19.0. The zero-order valence-electron chi connectivity index (χ0n) is 18.9. The quantitative estimate of drug-likeness (QED) is 0.678. The summed E-state index contributed by atoms with van der Waals surface area (Å²) in [6, 6.07) is 18.9. The van der Waals surface area contributed by atoms with Crippen molar-refractivity contribution in [1.29, 1.82) is 0 Å². The Morgan fingerprint density at radius 3 is 2.38 bits per heavy atom. The Balaban J connectivity index is 1.19. The molecule has 0 aromatic heterocycles. The molecule has 2 aromatic carbocycles. The number of hydrogen-bond acceptors (Lipinski definition) is 5. The first kappa shape index (κ1) is 23.0. The van der Waals surface area contributed by atoms with Crippen molar-refractivity contribution in [3.63, 3.8) is 0 Å². The Bertz CT molecular complexity index is 796. The topological polar surface area (TPSA) is 39.2 Å². The number of likely N-dealkylation sites (tertiary alicyclic amines) is 1. The molecule has 2 saturated heterocycles. The Hall–Kier alpha value is -2.15. The molecule has 2 aromatic rings. The highest BCUT2D eigenvalue weighted by Gasteiger charge is 2.20. The highest BCUT2D eigenvalue weighted by molar-refractivity contribution is 5.46. The summed E-state index contributed by atoms with van der Waals surface area (Å²) in [4.78, 5) is 7.11. The van der Waals surface area contributed by atoms with Gasteiger partial charge in [0, 0.05) is 58.0 Å². The zero-order valence-corrected chi connectivity index (χ0v) is 18.9. The minimum atomic E-state index is -0.685. The molecule has 32 heavy (non-hydrogen) atoms. The van der Waals surface area contributed by atoms with Gasteiger partial charge in [-0.25, -0.2) is 4.39 Å². The number of hydrogen-bond donors (Lipinski definition) is 1. The van der Waals surface area contributed by atoms with Gasteiger partial charge in [0.15, 0.2) is 0 Å². The SMILES string of the molecule is OC(COc1ccc(CN2CCCN(c3ccccc3)CC2)cc1)CN1CCC(F)CC1. The summed E-state index contributed by atoms with van der Waals surface area (Å²) in [7, 11) is 0. The molecule has 174 valence electrons. The van der Waals surface area contributed by atoms with E-state index in [0.29, 0.717) is 32.5 Å². The molecule has 2 fully saturated rings. The summed E-state index contributed by atoms with van der Waals surface area (Å²) in [6.07, 6.45) is 1.05. The van der Waals surface area contributed by atoms with Crippen molar-refractivity contribution in [2.75, 3.05) is 57.3 Å². The van der Waals surface area contributed by atoms with Gasteiger partial charge in [-0.15, -0.1) is 0 Å². The van der Waals surface area contributed by atoms with E-state index < -0.39 is 12.3 Å². The molecule has 0 aliphatic carbocycles. The average molecular weight is 442 g/mol. The Kier molecular flexibility index (Phi) is 8.37. The third kappa shape index (κ3) is 6.92. The number of halogens is 1. The van der Waals surface area contributed by atoms with Gasteiger partial charge >= 0.3 is 0 Å². The van der Waals surface area contributed by atoms with Crippen LogP contribution in [-0.4, -0.2) is 79.6 Å². The predicted molar refractivity (Wildman–Crippen MR) is 127 cm³/mol. The van der Waals surface area contributed by atoms with Crippen LogP contribution in [-0.2, 0) is 6.54 Å². The maximum atomic E-state index is 13.2. The van der Waals surface area contributed by atoms with E-state index in [1.807, 2.05) is 12.1 Å². The molecule has 0 spiro atoms. The first-order valence-electron chi connectivity index (χ1n) is 11.9. The van der Waals surface area contributed by atoms with Crippen LogP contribution in [0.25, 0.3) is 0 Å². The van der Waals surface area contributed by atoms with Crippen molar-refractivity contribution in [2.45, 2.75) is 38.1 Å². The number of aliphatic hydroxyl groups is 1. The van der Waals surface area contributed by atoms with Crippen LogP contribution in [0.15, 0.2) is 54.6 Å². The van der Waals surface area contributed by atoms with Crippen molar-refractivity contribution < 1.29 is 14.2 Å². The molecular formula is C26H36FN3O2. The van der Waals surface area contributed by atoms with Gasteiger partial charge in [0.05, 0.1) is 0 Å². The van der Waals surface area contributed by atoms with Crippen molar-refractivity contribution >= 4 is 5.69 Å². The number of aliphatic hydroxyl groups excluding tert-OH is 1. The standard InChI is InChI=1S/C26H36FN3O2/c27-23-11-15-29(16-12-23)20-25(31)21-32-26-9-7-22(8-10-26)19-28-13-4-14-30(18-17-28)24-5-2-1-3-6-24/h1-3,5-10,23,25,31H,4,11-21H2. The fraction of sp³-hybridized carbons (Fsp3) is 0.538. The van der Waals surface area contributed by atoms with Crippen molar-refractivity contribution in [2.24, 2.45) is 0 Å². The third-order valence-electron chi connectivity index (χ3n) is 6.47. The molecule has 5 nitrogen and oxygen atoms in total. The molecule has 4 rings (SSSR count). The third-order valence-corrected chi connectivity index (χ3v) is 6.47. The number of β-amino-alcohol motifs (C(OH)–C–C–N with tert-alkyl or cyclic N) is 1. The van der Waals surface area contributed by atoms with E-state index >= 15 is 0 Å². The Labute approximate surface area is 191 Å². The molecule has 2 aliphatic rings. The van der Waals surface area contributed by atoms with Crippen molar-refractivity contribution in [3.05, 3.63) is 60.2 Å². The van der Waals surface area contributed by atoms with E-state index in [1.165, 1.54) is 11.3 Å². The second-order valence-electron chi connectivity index (χ2n) is 9.04. The van der Waals surface area contributed by atoms with Crippen molar-refractivity contribution in [1.82, 2.24) is 9.80 Å². The van der Waals surface area contributed by atoms with Crippen LogP contribution in [0.1, 0.15) is 24.8 Å². The number of nitrogens with zero attached hydrogens (tertiary/aromatic N) is 3. The number of alkyl halides is 1. The average Bonchev–Trinajstić information content (AvgIpc) is 3.06. The molecule has 1 atom stereocenters. The van der Waals surface area contributed by atoms with E-state index in [2.05, 4.69) is 57.2 Å². The first-order chi connectivity index (χ1) is 15.7. The van der Waals surface area contributed by atoms with Crippen LogP contribution in [0.2, 0.25) is 0 Å². The molecule has 2 heterocycles. The van der Waals surface area contributed by atoms with Crippen LogP contribution in [0.4, 0.5) is 10.1 Å². The van der Waals surface area contributed by atoms with E-state index in [1.54, 1.807) is 0 Å². The largest absolute Gasteiger partial charge is 0.491 e. The van der Waals surface area contributed by atoms with Gasteiger partial charge in [0.25, 0.3) is 0 Å². The Morgan fingerprint density at radius 1 is 0.875 bits per heavy atom. The predicted octanol–water partition coefficient (Wildman–Crippen LogP) is 3.57. The number of ether oxygens (including phenoxy) is 1. The second-order valence-corrected chi connectivity index (χ2v) is 9.04. The molecule has 0 radical (unpaired) electrons. The summed E-state index contributed by atoms with van der Waals surface area (Å²) in [5.74, 6) is 0.779. The first-order valence-corrected chi connectivity index (χ1v) is 11.9. The normalized spacial score (nSPS) is 20.1. The highest BCUT2D eigenvalue weighted by atomic mass is 19.1. The van der Waals surface area contributed by atoms with Crippen LogP contribution in [0.3, 0.4) is 0 Å². The maximum absolute atomic E-state index is 13.2. The number of benzene rings is 2. The van der Waals surface area contributed by atoms with Gasteiger partial charge in [-0.05, 0) is 49.1 Å². The Morgan fingerprint density at radius 2 is 1.62 bits per heavy atom.